The standard InChI is InChI=1S/C27H32ClFN2O4/c1-17-6-5-7-22(18(17)2)30-27(33)26(19-10-12-20(29)13-11-19)31(25(32)14-28)15-21-16-34-23-8-3-4-9-24(23)35-21/h3-4,8-13,17-18,21-22,26H,5-7,14-16H2,1-2H3,(H,30,33)/t17-,18-,21-,22+,26+/m1/s1. The minimum Gasteiger partial charge on any atom is -0.486 e. The van der Waals surface area contributed by atoms with Gasteiger partial charge in [-0.2, -0.15) is 0 Å². The number of halogens is 2. The third kappa shape index (κ3) is 5.89. The third-order valence-electron chi connectivity index (χ3n) is 7.18. The van der Waals surface area contributed by atoms with Crippen molar-refractivity contribution in [2.75, 3.05) is 19.0 Å². The van der Waals surface area contributed by atoms with Gasteiger partial charge in [0.05, 0.1) is 6.54 Å². The van der Waals surface area contributed by atoms with Gasteiger partial charge in [0.2, 0.25) is 11.8 Å². The van der Waals surface area contributed by atoms with Crippen molar-refractivity contribution < 1.29 is 23.5 Å². The lowest BCUT2D eigenvalue weighted by Gasteiger charge is -2.38. The molecule has 5 atom stereocenters. The van der Waals surface area contributed by atoms with E-state index in [2.05, 4.69) is 19.2 Å². The number of carbonyl (C=O) groups excluding carboxylic acids is 2. The van der Waals surface area contributed by atoms with E-state index in [1.54, 1.807) is 6.07 Å². The second kappa shape index (κ2) is 11.3. The number of alkyl halides is 1. The van der Waals surface area contributed by atoms with Crippen LogP contribution in [0, 0.1) is 17.7 Å². The van der Waals surface area contributed by atoms with E-state index < -0.39 is 23.9 Å². The molecule has 0 bridgehead atoms. The van der Waals surface area contributed by atoms with Crippen LogP contribution >= 0.6 is 11.6 Å². The molecule has 0 saturated heterocycles. The summed E-state index contributed by atoms with van der Waals surface area (Å²) in [6.07, 6.45) is 2.55. The SMILES string of the molecule is C[C@@H]1[C@H](C)CCC[C@@H]1NC(=O)[C@H](c1ccc(F)cc1)N(C[C@@H]1COc2ccccc2O1)C(=O)CCl. The number of carbonyl (C=O) groups is 2. The predicted molar refractivity (Wildman–Crippen MR) is 132 cm³/mol. The fourth-order valence-electron chi connectivity index (χ4n) is 4.97. The molecule has 35 heavy (non-hydrogen) atoms. The first-order valence-corrected chi connectivity index (χ1v) is 12.7. The van der Waals surface area contributed by atoms with Crippen LogP contribution in [-0.2, 0) is 9.59 Å². The summed E-state index contributed by atoms with van der Waals surface area (Å²) < 4.78 is 25.6. The lowest BCUT2D eigenvalue weighted by molar-refractivity contribution is -0.141. The summed E-state index contributed by atoms with van der Waals surface area (Å²) in [5, 5.41) is 3.18. The average Bonchev–Trinajstić information content (AvgIpc) is 2.87. The lowest BCUT2D eigenvalue weighted by Crippen LogP contribution is -2.52. The Morgan fingerprint density at radius 2 is 1.83 bits per heavy atom. The van der Waals surface area contributed by atoms with Gasteiger partial charge in [0, 0.05) is 6.04 Å². The lowest BCUT2D eigenvalue weighted by atomic mass is 9.78. The Labute approximate surface area is 210 Å². The number of nitrogens with zero attached hydrogens (tertiary/aromatic N) is 1. The van der Waals surface area contributed by atoms with Crippen LogP contribution in [0.25, 0.3) is 0 Å². The Bertz CT molecular complexity index is 1030. The second-order valence-corrected chi connectivity index (χ2v) is 9.78. The number of ether oxygens (including phenoxy) is 2. The van der Waals surface area contributed by atoms with Crippen LogP contribution < -0.4 is 14.8 Å². The summed E-state index contributed by atoms with van der Waals surface area (Å²) in [5.41, 5.74) is 0.510. The first-order valence-electron chi connectivity index (χ1n) is 12.2. The Hall–Kier alpha value is -2.80. The molecule has 188 valence electrons. The minimum atomic E-state index is -0.980. The Morgan fingerprint density at radius 1 is 1.11 bits per heavy atom. The highest BCUT2D eigenvalue weighted by atomic mass is 35.5. The molecule has 4 rings (SSSR count). The van der Waals surface area contributed by atoms with Crippen LogP contribution in [0.4, 0.5) is 4.39 Å². The molecular formula is C27H32ClFN2O4. The van der Waals surface area contributed by atoms with E-state index in [9.17, 15) is 14.0 Å². The number of benzene rings is 2. The normalized spacial score (nSPS) is 24.3. The third-order valence-corrected chi connectivity index (χ3v) is 7.41. The van der Waals surface area contributed by atoms with Crippen LogP contribution in [0.3, 0.4) is 0 Å². The van der Waals surface area contributed by atoms with Gasteiger partial charge in [-0.05, 0) is 48.1 Å². The summed E-state index contributed by atoms with van der Waals surface area (Å²) in [5.74, 6) is 0.575. The molecule has 0 spiro atoms. The molecule has 2 aromatic rings. The van der Waals surface area contributed by atoms with Crippen molar-refractivity contribution in [1.82, 2.24) is 10.2 Å². The molecule has 0 unspecified atom stereocenters. The quantitative estimate of drug-likeness (QED) is 0.556. The van der Waals surface area contributed by atoms with E-state index in [1.807, 2.05) is 18.2 Å². The van der Waals surface area contributed by atoms with Crippen molar-refractivity contribution in [2.45, 2.75) is 51.3 Å². The van der Waals surface area contributed by atoms with E-state index >= 15 is 0 Å². The zero-order valence-electron chi connectivity index (χ0n) is 20.1. The number of rotatable bonds is 7. The van der Waals surface area contributed by atoms with Gasteiger partial charge in [-0.1, -0.05) is 51.0 Å². The van der Waals surface area contributed by atoms with Gasteiger partial charge >= 0.3 is 0 Å². The van der Waals surface area contributed by atoms with Crippen LogP contribution in [-0.4, -0.2) is 47.9 Å². The molecule has 1 fully saturated rings. The van der Waals surface area contributed by atoms with Crippen molar-refractivity contribution >= 4 is 23.4 Å². The average molecular weight is 503 g/mol. The maximum absolute atomic E-state index is 13.7. The van der Waals surface area contributed by atoms with Gasteiger partial charge < -0.3 is 19.7 Å². The Morgan fingerprint density at radius 3 is 2.54 bits per heavy atom. The molecule has 2 amide bonds. The fraction of sp³-hybridized carbons (Fsp3) is 0.481. The van der Waals surface area contributed by atoms with Gasteiger partial charge in [-0.3, -0.25) is 9.59 Å². The van der Waals surface area contributed by atoms with Crippen molar-refractivity contribution in [1.29, 1.82) is 0 Å². The molecular weight excluding hydrogens is 471 g/mol. The van der Waals surface area contributed by atoms with E-state index in [1.165, 1.54) is 29.2 Å². The topological polar surface area (TPSA) is 67.9 Å². The number of hydrogen-bond acceptors (Lipinski definition) is 4. The fourth-order valence-corrected chi connectivity index (χ4v) is 5.12. The van der Waals surface area contributed by atoms with Gasteiger partial charge in [0.15, 0.2) is 17.6 Å². The first-order chi connectivity index (χ1) is 16.9. The molecule has 8 heteroatoms. The van der Waals surface area contributed by atoms with Crippen LogP contribution in [0.5, 0.6) is 11.5 Å². The zero-order valence-corrected chi connectivity index (χ0v) is 20.8. The number of hydrogen-bond donors (Lipinski definition) is 1. The maximum Gasteiger partial charge on any atom is 0.247 e. The summed E-state index contributed by atoms with van der Waals surface area (Å²) in [6.45, 7) is 4.65. The second-order valence-electron chi connectivity index (χ2n) is 9.51. The Balaban J connectivity index is 1.61. The largest absolute Gasteiger partial charge is 0.486 e. The highest BCUT2D eigenvalue weighted by Crippen LogP contribution is 2.33. The highest BCUT2D eigenvalue weighted by molar-refractivity contribution is 6.27. The molecule has 1 heterocycles. The molecule has 1 aliphatic carbocycles. The highest BCUT2D eigenvalue weighted by Gasteiger charge is 2.37. The molecule has 0 radical (unpaired) electrons. The van der Waals surface area contributed by atoms with E-state index in [-0.39, 0.29) is 31.0 Å². The Kier molecular flexibility index (Phi) is 8.16. The summed E-state index contributed by atoms with van der Waals surface area (Å²) >= 11 is 5.99. The molecule has 2 aliphatic rings. The summed E-state index contributed by atoms with van der Waals surface area (Å²) in [7, 11) is 0. The number of para-hydroxylation sites is 2. The van der Waals surface area contributed by atoms with Crippen molar-refractivity contribution in [2.24, 2.45) is 11.8 Å². The van der Waals surface area contributed by atoms with Gasteiger partial charge in [-0.25, -0.2) is 4.39 Å². The molecule has 1 N–H and O–H groups in total. The van der Waals surface area contributed by atoms with Crippen LogP contribution in [0.15, 0.2) is 48.5 Å². The maximum atomic E-state index is 13.7. The molecule has 0 aromatic heterocycles. The van der Waals surface area contributed by atoms with Gasteiger partial charge in [0.1, 0.15) is 24.3 Å². The van der Waals surface area contributed by atoms with E-state index in [0.717, 1.165) is 19.3 Å². The number of nitrogens with one attached hydrogen (secondary N) is 1. The number of fused-ring (bicyclic) bond motifs is 1. The molecule has 6 nitrogen and oxygen atoms in total. The smallest absolute Gasteiger partial charge is 0.247 e. The van der Waals surface area contributed by atoms with Gasteiger partial charge in [0.25, 0.3) is 0 Å². The monoisotopic (exact) mass is 502 g/mol. The van der Waals surface area contributed by atoms with Crippen molar-refractivity contribution in [3.63, 3.8) is 0 Å². The van der Waals surface area contributed by atoms with Crippen LogP contribution in [0.2, 0.25) is 0 Å². The minimum absolute atomic E-state index is 0.00305. The zero-order chi connectivity index (χ0) is 24.9. The van der Waals surface area contributed by atoms with Gasteiger partial charge in [-0.15, -0.1) is 11.6 Å². The molecule has 1 saturated carbocycles. The first kappa shape index (κ1) is 25.3. The molecule has 2 aromatic carbocycles. The predicted octanol–water partition coefficient (Wildman–Crippen LogP) is 4.72. The summed E-state index contributed by atoms with van der Waals surface area (Å²) in [6, 6.07) is 12.0. The van der Waals surface area contributed by atoms with Crippen LogP contribution in [0.1, 0.15) is 44.7 Å². The van der Waals surface area contributed by atoms with Crippen molar-refractivity contribution in [3.8, 4) is 11.5 Å². The summed E-state index contributed by atoms with van der Waals surface area (Å²) in [4.78, 5) is 28.2. The van der Waals surface area contributed by atoms with E-state index in [4.69, 9.17) is 21.1 Å². The molecule has 1 aliphatic heterocycles. The number of amides is 2. The van der Waals surface area contributed by atoms with Crippen molar-refractivity contribution in [3.05, 3.63) is 59.9 Å². The van der Waals surface area contributed by atoms with E-state index in [0.29, 0.717) is 28.9 Å².